The average molecular weight is 456 g/mol. The van der Waals surface area contributed by atoms with E-state index in [0.29, 0.717) is 11.4 Å². The van der Waals surface area contributed by atoms with E-state index in [1.807, 2.05) is 17.8 Å². The van der Waals surface area contributed by atoms with E-state index >= 15 is 0 Å². The molecule has 0 aliphatic heterocycles. The highest BCUT2D eigenvalue weighted by atomic mass is 79.9. The van der Waals surface area contributed by atoms with Crippen LogP contribution in [-0.2, 0) is 19.6 Å². The van der Waals surface area contributed by atoms with E-state index in [-0.39, 0.29) is 17.4 Å². The molecule has 0 spiro atoms. The van der Waals surface area contributed by atoms with Gasteiger partial charge in [-0.2, -0.15) is 0 Å². The van der Waals surface area contributed by atoms with Gasteiger partial charge < -0.3 is 10.1 Å². The predicted molar refractivity (Wildman–Crippen MR) is 104 cm³/mol. The Labute approximate surface area is 165 Å². The number of carbonyl (C=O) groups excluding carboxylic acids is 2. The first-order chi connectivity index (χ1) is 12.7. The Balaban J connectivity index is 1.90. The minimum atomic E-state index is -3.95. The van der Waals surface area contributed by atoms with Crippen molar-refractivity contribution in [2.45, 2.75) is 18.7 Å². The highest BCUT2D eigenvalue weighted by molar-refractivity contribution is 9.10. The van der Waals surface area contributed by atoms with Gasteiger partial charge >= 0.3 is 0 Å². The Morgan fingerprint density at radius 2 is 1.78 bits per heavy atom. The minimum Gasteiger partial charge on any atom is -0.483 e. The molecule has 0 aliphatic rings. The third-order valence-electron chi connectivity index (χ3n) is 3.31. The third-order valence-corrected chi connectivity index (χ3v) is 5.06. The van der Waals surface area contributed by atoms with E-state index in [4.69, 9.17) is 4.74 Å². The van der Waals surface area contributed by atoms with Crippen LogP contribution in [0.2, 0.25) is 0 Å². The van der Waals surface area contributed by atoms with Crippen LogP contribution in [0.25, 0.3) is 0 Å². The number of aryl methyl sites for hydroxylation is 1. The quantitative estimate of drug-likeness (QED) is 0.553. The summed E-state index contributed by atoms with van der Waals surface area (Å²) < 4.78 is 30.6. The molecular formula is C17H18BrN3O5S. The van der Waals surface area contributed by atoms with Gasteiger partial charge in [0.05, 0.1) is 4.90 Å². The number of carbonyl (C=O) groups is 2. The maximum atomic E-state index is 12.2. The molecule has 0 fully saturated rings. The minimum absolute atomic E-state index is 0.0680. The lowest BCUT2D eigenvalue weighted by molar-refractivity contribution is -0.123. The maximum absolute atomic E-state index is 12.2. The van der Waals surface area contributed by atoms with Crippen LogP contribution in [0.15, 0.2) is 51.8 Å². The highest BCUT2D eigenvalue weighted by Gasteiger charge is 2.15. The second kappa shape index (κ2) is 8.98. The molecule has 0 bridgehead atoms. The van der Waals surface area contributed by atoms with Crippen LogP contribution in [0.3, 0.4) is 0 Å². The number of sulfonamides is 1. The average Bonchev–Trinajstić information content (AvgIpc) is 2.59. The lowest BCUT2D eigenvalue weighted by Crippen LogP contribution is -2.43. The van der Waals surface area contributed by atoms with Gasteiger partial charge in [0.2, 0.25) is 5.91 Å². The third kappa shape index (κ3) is 6.35. The molecule has 144 valence electrons. The molecule has 2 aromatic rings. The Morgan fingerprint density at radius 1 is 1.11 bits per heavy atom. The van der Waals surface area contributed by atoms with Crippen molar-refractivity contribution in [2.75, 3.05) is 11.9 Å². The Morgan fingerprint density at radius 3 is 2.37 bits per heavy atom. The van der Waals surface area contributed by atoms with Gasteiger partial charge in [0, 0.05) is 17.1 Å². The number of ether oxygens (including phenoxy) is 1. The topological polar surface area (TPSA) is 114 Å². The molecule has 0 saturated heterocycles. The molecular weight excluding hydrogens is 438 g/mol. The number of benzene rings is 2. The number of amides is 2. The summed E-state index contributed by atoms with van der Waals surface area (Å²) >= 11 is 3.33. The fourth-order valence-electron chi connectivity index (χ4n) is 2.06. The van der Waals surface area contributed by atoms with Gasteiger partial charge in [-0.25, -0.2) is 8.42 Å². The number of anilines is 1. The largest absolute Gasteiger partial charge is 0.483 e. The number of hydrogen-bond acceptors (Lipinski definition) is 5. The lowest BCUT2D eigenvalue weighted by atomic mass is 10.2. The summed E-state index contributed by atoms with van der Waals surface area (Å²) in [7, 11) is -3.95. The Bertz CT molecular complexity index is 946. The van der Waals surface area contributed by atoms with Crippen molar-refractivity contribution in [3.8, 4) is 5.75 Å². The zero-order chi connectivity index (χ0) is 20.0. The number of nitrogens with one attached hydrogen (secondary N) is 3. The van der Waals surface area contributed by atoms with Crippen molar-refractivity contribution in [1.82, 2.24) is 10.3 Å². The molecule has 2 amide bonds. The van der Waals surface area contributed by atoms with Crippen molar-refractivity contribution in [1.29, 1.82) is 0 Å². The van der Waals surface area contributed by atoms with Crippen molar-refractivity contribution in [3.63, 3.8) is 0 Å². The Kier molecular flexibility index (Phi) is 6.94. The van der Waals surface area contributed by atoms with Gasteiger partial charge in [-0.15, -0.1) is 4.83 Å². The van der Waals surface area contributed by atoms with Gasteiger partial charge in [0.1, 0.15) is 5.75 Å². The van der Waals surface area contributed by atoms with Gasteiger partial charge in [0.25, 0.3) is 15.9 Å². The zero-order valence-electron chi connectivity index (χ0n) is 14.6. The van der Waals surface area contributed by atoms with Crippen LogP contribution >= 0.6 is 15.9 Å². The van der Waals surface area contributed by atoms with E-state index in [2.05, 4.69) is 26.7 Å². The van der Waals surface area contributed by atoms with Gasteiger partial charge in [0.15, 0.2) is 6.61 Å². The monoisotopic (exact) mass is 455 g/mol. The number of halogens is 1. The van der Waals surface area contributed by atoms with Crippen LogP contribution in [0.1, 0.15) is 12.5 Å². The van der Waals surface area contributed by atoms with E-state index in [0.717, 1.165) is 10.0 Å². The maximum Gasteiger partial charge on any atom is 0.272 e. The normalized spacial score (nSPS) is 10.9. The Hall–Kier alpha value is -2.43. The second-order valence-corrected chi connectivity index (χ2v) is 8.16. The second-order valence-electron chi connectivity index (χ2n) is 5.56. The van der Waals surface area contributed by atoms with Crippen LogP contribution in [0.5, 0.6) is 5.75 Å². The van der Waals surface area contributed by atoms with E-state index in [9.17, 15) is 18.0 Å². The standard InChI is InChI=1S/C17H18BrN3O5S/c1-11-9-13(18)3-8-16(11)26-10-17(23)20-21-27(24,25)15-6-4-14(5-7-15)19-12(2)22/h3-9,21H,10H2,1-2H3,(H,19,22)(H,20,23). The van der Waals surface area contributed by atoms with E-state index in [1.165, 1.54) is 31.2 Å². The first kappa shape index (κ1) is 20.9. The summed E-state index contributed by atoms with van der Waals surface area (Å²) in [6.07, 6.45) is 0. The molecule has 0 heterocycles. The number of hydrazine groups is 1. The highest BCUT2D eigenvalue weighted by Crippen LogP contribution is 2.22. The van der Waals surface area contributed by atoms with Crippen LogP contribution in [0, 0.1) is 6.92 Å². The molecule has 0 atom stereocenters. The summed E-state index contributed by atoms with van der Waals surface area (Å²) in [6, 6.07) is 10.8. The molecule has 0 aromatic heterocycles. The fraction of sp³-hybridized carbons (Fsp3) is 0.176. The molecule has 0 unspecified atom stereocenters. The van der Waals surface area contributed by atoms with Gasteiger partial charge in [-0.05, 0) is 55.0 Å². The summed E-state index contributed by atoms with van der Waals surface area (Å²) in [6.45, 7) is 2.82. The first-order valence-corrected chi connectivity index (χ1v) is 10.0. The smallest absolute Gasteiger partial charge is 0.272 e. The molecule has 2 aromatic carbocycles. The molecule has 3 N–H and O–H groups in total. The zero-order valence-corrected chi connectivity index (χ0v) is 17.0. The number of rotatable bonds is 7. The van der Waals surface area contributed by atoms with Gasteiger partial charge in [-0.3, -0.25) is 15.0 Å². The summed E-state index contributed by atoms with van der Waals surface area (Å²) in [4.78, 5) is 24.7. The predicted octanol–water partition coefficient (Wildman–Crippen LogP) is 2.10. The van der Waals surface area contributed by atoms with E-state index in [1.54, 1.807) is 12.1 Å². The first-order valence-electron chi connectivity index (χ1n) is 7.74. The summed E-state index contributed by atoms with van der Waals surface area (Å²) in [5.74, 6) is -0.405. The van der Waals surface area contributed by atoms with Crippen molar-refractivity contribution in [2.24, 2.45) is 0 Å². The fourth-order valence-corrected chi connectivity index (χ4v) is 3.39. The van der Waals surface area contributed by atoms with Crippen molar-refractivity contribution >= 4 is 43.5 Å². The molecule has 27 heavy (non-hydrogen) atoms. The number of hydrogen-bond donors (Lipinski definition) is 3. The van der Waals surface area contributed by atoms with Crippen LogP contribution in [0.4, 0.5) is 5.69 Å². The molecule has 2 rings (SSSR count). The SMILES string of the molecule is CC(=O)Nc1ccc(S(=O)(=O)NNC(=O)COc2ccc(Br)cc2C)cc1. The molecule has 0 saturated carbocycles. The molecule has 10 heteroatoms. The van der Waals surface area contributed by atoms with Crippen LogP contribution in [-0.4, -0.2) is 26.8 Å². The van der Waals surface area contributed by atoms with Crippen molar-refractivity contribution in [3.05, 3.63) is 52.5 Å². The van der Waals surface area contributed by atoms with Crippen molar-refractivity contribution < 1.29 is 22.7 Å². The molecule has 8 nitrogen and oxygen atoms in total. The molecule has 0 aliphatic carbocycles. The summed E-state index contributed by atoms with van der Waals surface area (Å²) in [5.41, 5.74) is 3.38. The van der Waals surface area contributed by atoms with Gasteiger partial charge in [-0.1, -0.05) is 15.9 Å². The molecule has 0 radical (unpaired) electrons. The van der Waals surface area contributed by atoms with E-state index < -0.39 is 15.9 Å². The van der Waals surface area contributed by atoms with Crippen LogP contribution < -0.4 is 20.3 Å². The summed E-state index contributed by atoms with van der Waals surface area (Å²) in [5, 5.41) is 2.53. The lowest BCUT2D eigenvalue weighted by Gasteiger charge is -2.11.